The van der Waals surface area contributed by atoms with Gasteiger partial charge in [0.15, 0.2) is 0 Å². The van der Waals surface area contributed by atoms with E-state index >= 15 is 0 Å². The van der Waals surface area contributed by atoms with Crippen molar-refractivity contribution in [1.29, 1.82) is 0 Å². The average Bonchev–Trinajstić information content (AvgIpc) is 2.60. The maximum Gasteiger partial charge on any atom is 0.387 e. The molecule has 0 aliphatic rings. The fourth-order valence-electron chi connectivity index (χ4n) is 2.06. The predicted octanol–water partition coefficient (Wildman–Crippen LogP) is 2.47. The molecule has 2 aromatic carbocycles. The molecule has 0 spiro atoms. The van der Waals surface area contributed by atoms with Crippen molar-refractivity contribution in [3.05, 3.63) is 59.7 Å². The summed E-state index contributed by atoms with van der Waals surface area (Å²) in [6, 6.07) is 11.5. The van der Waals surface area contributed by atoms with Gasteiger partial charge in [-0.1, -0.05) is 12.1 Å². The van der Waals surface area contributed by atoms with Gasteiger partial charge in [-0.2, -0.15) is 8.78 Å². The maximum atomic E-state index is 12.1. The van der Waals surface area contributed by atoms with Crippen molar-refractivity contribution in [3.63, 3.8) is 0 Å². The second-order valence-corrected chi connectivity index (χ2v) is 7.67. The Morgan fingerprint density at radius 2 is 1.65 bits per heavy atom. The number of nitrogens with one attached hydrogen (secondary N) is 1. The SMILES string of the molecule is CN(C)S(=O)(=O)c1ccc(C(=O)NCc2ccc(OC(F)F)cc2)cc1. The zero-order chi connectivity index (χ0) is 19.3. The first-order chi connectivity index (χ1) is 12.2. The van der Waals surface area contributed by atoms with Gasteiger partial charge in [0.2, 0.25) is 10.0 Å². The highest BCUT2D eigenvalue weighted by atomic mass is 32.2. The van der Waals surface area contributed by atoms with Crippen molar-refractivity contribution >= 4 is 15.9 Å². The van der Waals surface area contributed by atoms with Crippen LogP contribution in [0.2, 0.25) is 0 Å². The molecule has 2 rings (SSSR count). The Labute approximate surface area is 150 Å². The highest BCUT2D eigenvalue weighted by Gasteiger charge is 2.17. The molecule has 1 amide bonds. The molecule has 0 aliphatic carbocycles. The third-order valence-electron chi connectivity index (χ3n) is 3.50. The lowest BCUT2D eigenvalue weighted by atomic mass is 10.2. The van der Waals surface area contributed by atoms with Crippen LogP contribution in [-0.4, -0.2) is 39.3 Å². The van der Waals surface area contributed by atoms with Gasteiger partial charge in [-0.25, -0.2) is 12.7 Å². The Hall–Kier alpha value is -2.52. The van der Waals surface area contributed by atoms with Crippen molar-refractivity contribution in [2.24, 2.45) is 0 Å². The van der Waals surface area contributed by atoms with Crippen molar-refractivity contribution in [2.45, 2.75) is 18.1 Å². The van der Waals surface area contributed by atoms with Crippen LogP contribution in [-0.2, 0) is 16.6 Å². The van der Waals surface area contributed by atoms with Gasteiger partial charge in [0.1, 0.15) is 5.75 Å². The molecule has 140 valence electrons. The lowest BCUT2D eigenvalue weighted by Crippen LogP contribution is -2.24. The number of hydrogen-bond donors (Lipinski definition) is 1. The summed E-state index contributed by atoms with van der Waals surface area (Å²) in [6.45, 7) is -2.70. The number of halogens is 2. The summed E-state index contributed by atoms with van der Waals surface area (Å²) in [5.41, 5.74) is 1.01. The van der Waals surface area contributed by atoms with Crippen LogP contribution in [0.5, 0.6) is 5.75 Å². The molecule has 0 heterocycles. The highest BCUT2D eigenvalue weighted by Crippen LogP contribution is 2.16. The summed E-state index contributed by atoms with van der Waals surface area (Å²) in [5, 5.41) is 2.67. The van der Waals surface area contributed by atoms with Crippen LogP contribution in [0.25, 0.3) is 0 Å². The second kappa shape index (κ2) is 8.24. The summed E-state index contributed by atoms with van der Waals surface area (Å²) < 4.78 is 53.5. The van der Waals surface area contributed by atoms with Crippen LogP contribution in [0.3, 0.4) is 0 Å². The van der Waals surface area contributed by atoms with Crippen molar-refractivity contribution in [3.8, 4) is 5.75 Å². The monoisotopic (exact) mass is 384 g/mol. The van der Waals surface area contributed by atoms with E-state index in [2.05, 4.69) is 10.1 Å². The molecule has 6 nitrogen and oxygen atoms in total. The minimum Gasteiger partial charge on any atom is -0.435 e. The van der Waals surface area contributed by atoms with Crippen molar-refractivity contribution in [2.75, 3.05) is 14.1 Å². The fourth-order valence-corrected chi connectivity index (χ4v) is 2.96. The Morgan fingerprint density at radius 1 is 1.08 bits per heavy atom. The van der Waals surface area contributed by atoms with Crippen LogP contribution in [0.1, 0.15) is 15.9 Å². The Bertz CT molecular complexity index is 851. The van der Waals surface area contributed by atoms with E-state index in [1.54, 1.807) is 12.1 Å². The van der Waals surface area contributed by atoms with Crippen molar-refractivity contribution < 1.29 is 26.7 Å². The molecular weight excluding hydrogens is 366 g/mol. The number of rotatable bonds is 7. The minimum atomic E-state index is -3.55. The molecule has 0 aliphatic heterocycles. The number of carbonyl (C=O) groups is 1. The van der Waals surface area contributed by atoms with Gasteiger partial charge in [0.05, 0.1) is 4.90 Å². The number of amides is 1. The number of nitrogens with zero attached hydrogens (tertiary/aromatic N) is 1. The maximum absolute atomic E-state index is 12.1. The average molecular weight is 384 g/mol. The van der Waals surface area contributed by atoms with Gasteiger partial charge < -0.3 is 10.1 Å². The number of ether oxygens (including phenoxy) is 1. The topological polar surface area (TPSA) is 75.7 Å². The van der Waals surface area contributed by atoms with Crippen LogP contribution >= 0.6 is 0 Å². The number of carbonyl (C=O) groups excluding carboxylic acids is 1. The van der Waals surface area contributed by atoms with E-state index in [4.69, 9.17) is 0 Å². The summed E-state index contributed by atoms with van der Waals surface area (Å²) in [5.74, 6) is -0.348. The number of hydrogen-bond acceptors (Lipinski definition) is 4. The molecule has 0 bridgehead atoms. The van der Waals surface area contributed by atoms with Gasteiger partial charge in [-0.15, -0.1) is 0 Å². The largest absolute Gasteiger partial charge is 0.435 e. The Balaban J connectivity index is 1.98. The van der Waals surface area contributed by atoms with Gasteiger partial charge in [0, 0.05) is 26.2 Å². The standard InChI is InChI=1S/C17H18F2N2O4S/c1-21(2)26(23,24)15-9-5-13(6-10-15)16(22)20-11-12-3-7-14(8-4-12)25-17(18)19/h3-10,17H,11H2,1-2H3,(H,20,22). The van der Waals surface area contributed by atoms with Gasteiger partial charge >= 0.3 is 6.61 Å². The molecule has 0 radical (unpaired) electrons. The van der Waals surface area contributed by atoms with Crippen LogP contribution in [0, 0.1) is 0 Å². The van der Waals surface area contributed by atoms with Gasteiger partial charge in [0.25, 0.3) is 5.91 Å². The first-order valence-electron chi connectivity index (χ1n) is 7.54. The van der Waals surface area contributed by atoms with E-state index in [0.717, 1.165) is 4.31 Å². The van der Waals surface area contributed by atoms with Gasteiger partial charge in [-0.3, -0.25) is 4.79 Å². The molecule has 0 aromatic heterocycles. The Kier molecular flexibility index (Phi) is 6.27. The summed E-state index contributed by atoms with van der Waals surface area (Å²) in [4.78, 5) is 12.2. The molecule has 0 unspecified atom stereocenters. The summed E-state index contributed by atoms with van der Waals surface area (Å²) >= 11 is 0. The predicted molar refractivity (Wildman–Crippen MR) is 91.6 cm³/mol. The smallest absolute Gasteiger partial charge is 0.387 e. The molecule has 0 fully saturated rings. The normalized spacial score (nSPS) is 11.6. The van der Waals surface area contributed by atoms with E-state index in [1.807, 2.05) is 0 Å². The van der Waals surface area contributed by atoms with Crippen LogP contribution in [0.15, 0.2) is 53.4 Å². The third kappa shape index (κ3) is 4.99. The lowest BCUT2D eigenvalue weighted by Gasteiger charge is -2.12. The molecule has 26 heavy (non-hydrogen) atoms. The third-order valence-corrected chi connectivity index (χ3v) is 5.33. The number of benzene rings is 2. The van der Waals surface area contributed by atoms with Crippen LogP contribution < -0.4 is 10.1 Å². The first-order valence-corrected chi connectivity index (χ1v) is 8.98. The molecule has 0 atom stereocenters. The van der Waals surface area contributed by atoms with E-state index in [1.165, 1.54) is 50.5 Å². The molecule has 0 saturated heterocycles. The second-order valence-electron chi connectivity index (χ2n) is 5.52. The first kappa shape index (κ1) is 19.8. The number of alkyl halides is 2. The summed E-state index contributed by atoms with van der Waals surface area (Å²) in [6.07, 6.45) is 0. The number of sulfonamides is 1. The Morgan fingerprint density at radius 3 is 2.15 bits per heavy atom. The van der Waals surface area contributed by atoms with Crippen molar-refractivity contribution in [1.82, 2.24) is 9.62 Å². The highest BCUT2D eigenvalue weighted by molar-refractivity contribution is 7.89. The molecule has 2 aromatic rings. The molecule has 0 saturated carbocycles. The fraction of sp³-hybridized carbons (Fsp3) is 0.235. The summed E-state index contributed by atoms with van der Waals surface area (Å²) in [7, 11) is -0.703. The molecule has 9 heteroatoms. The van der Waals surface area contributed by atoms with E-state index in [9.17, 15) is 22.0 Å². The van der Waals surface area contributed by atoms with Gasteiger partial charge in [-0.05, 0) is 42.0 Å². The molecular formula is C17H18F2N2O4S. The quantitative estimate of drug-likeness (QED) is 0.796. The van der Waals surface area contributed by atoms with Crippen LogP contribution in [0.4, 0.5) is 8.78 Å². The zero-order valence-corrected chi connectivity index (χ0v) is 15.0. The van der Waals surface area contributed by atoms with E-state index < -0.39 is 16.6 Å². The van der Waals surface area contributed by atoms with E-state index in [-0.39, 0.29) is 23.1 Å². The van der Waals surface area contributed by atoms with E-state index in [0.29, 0.717) is 11.1 Å². The molecule has 1 N–H and O–H groups in total. The minimum absolute atomic E-state index is 0.0350. The zero-order valence-electron chi connectivity index (χ0n) is 14.1. The lowest BCUT2D eigenvalue weighted by molar-refractivity contribution is -0.0498.